The van der Waals surface area contributed by atoms with Gasteiger partial charge in [-0.3, -0.25) is 9.48 Å². The minimum Gasteiger partial charge on any atom is -0.365 e. The lowest BCUT2D eigenvalue weighted by Crippen LogP contribution is -2.46. The predicted molar refractivity (Wildman–Crippen MR) is 113 cm³/mol. The average Bonchev–Trinajstić information content (AvgIpc) is 3.14. The van der Waals surface area contributed by atoms with Crippen LogP contribution in [-0.4, -0.2) is 38.1 Å². The molecule has 1 aliphatic rings. The van der Waals surface area contributed by atoms with Crippen LogP contribution in [-0.2, 0) is 6.54 Å². The van der Waals surface area contributed by atoms with Crippen molar-refractivity contribution < 1.29 is 14.0 Å². The third kappa shape index (κ3) is 3.51. The molecule has 1 unspecified atom stereocenters. The number of carbonyl (C=O) groups is 2. The molecule has 3 aromatic rings. The van der Waals surface area contributed by atoms with E-state index in [1.807, 2.05) is 6.07 Å². The van der Waals surface area contributed by atoms with Crippen molar-refractivity contribution in [3.63, 3.8) is 0 Å². The Morgan fingerprint density at radius 1 is 1.19 bits per heavy atom. The van der Waals surface area contributed by atoms with Gasteiger partial charge in [-0.15, -0.1) is 0 Å². The Kier molecular flexibility index (Phi) is 5.46. The molecule has 0 spiro atoms. The molecule has 3 amide bonds. The molecule has 12 heteroatoms. The second-order valence-corrected chi connectivity index (χ2v) is 7.79. The number of benzene rings is 1. The van der Waals surface area contributed by atoms with Crippen molar-refractivity contribution in [3.8, 4) is 17.3 Å². The molecule has 4 N–H and O–H groups in total. The summed E-state index contributed by atoms with van der Waals surface area (Å²) in [6.07, 6.45) is 1.18. The summed E-state index contributed by atoms with van der Waals surface area (Å²) in [5.41, 5.74) is 12.8. The normalized spacial score (nSPS) is 15.2. The van der Waals surface area contributed by atoms with Gasteiger partial charge in [0.1, 0.15) is 17.8 Å². The van der Waals surface area contributed by atoms with Crippen LogP contribution in [0.2, 0.25) is 10.0 Å². The molecule has 0 saturated carbocycles. The molecule has 2 aromatic heterocycles. The van der Waals surface area contributed by atoms with Crippen molar-refractivity contribution in [3.05, 3.63) is 68.8 Å². The van der Waals surface area contributed by atoms with Crippen LogP contribution in [0.3, 0.4) is 0 Å². The van der Waals surface area contributed by atoms with E-state index in [0.717, 1.165) is 0 Å². The van der Waals surface area contributed by atoms with Crippen LogP contribution in [0, 0.1) is 17.3 Å². The summed E-state index contributed by atoms with van der Waals surface area (Å²) in [5, 5.41) is 13.6. The number of hydrogen-bond donors (Lipinski definition) is 2. The number of primary amides is 2. The molecule has 1 atom stereocenters. The molecule has 4 rings (SSSR count). The molecule has 3 heterocycles. The Labute approximate surface area is 190 Å². The van der Waals surface area contributed by atoms with Gasteiger partial charge in [-0.25, -0.2) is 9.78 Å². The van der Waals surface area contributed by atoms with Gasteiger partial charge in [0, 0.05) is 18.3 Å². The number of hydrogen-bond acceptors (Lipinski definition) is 5. The second kappa shape index (κ2) is 8.11. The van der Waals surface area contributed by atoms with Crippen molar-refractivity contribution >= 4 is 35.1 Å². The highest BCUT2D eigenvalue weighted by Crippen LogP contribution is 2.39. The number of rotatable bonds is 3. The van der Waals surface area contributed by atoms with E-state index < -0.39 is 23.9 Å². The number of nitrogens with two attached hydrogens (primary N) is 2. The standard InChI is InChI=1S/C20H14Cl2FN7O2/c21-12-5-9(1-2-10(12)7-24)16-17-14(19(25)31)15(11-6-13(22)18(23)27-8-11)28-30(17)4-3-29(16)20(26)32/h1-2,5-6,8,16H,3-4H2,(H2,25,31)(H2,26,32). The number of fused-ring (bicyclic) bond motifs is 1. The SMILES string of the molecule is N#Cc1ccc(C2c3c(C(N)=O)c(-c4cnc(F)c(Cl)c4)nn3CCN2C(N)=O)cc1Cl. The van der Waals surface area contributed by atoms with Crippen LogP contribution < -0.4 is 11.5 Å². The number of pyridine rings is 1. The smallest absolute Gasteiger partial charge is 0.315 e. The van der Waals surface area contributed by atoms with Crippen LogP contribution in [0.5, 0.6) is 0 Å². The third-order valence-corrected chi connectivity index (χ3v) is 5.72. The molecule has 0 bridgehead atoms. The molecule has 32 heavy (non-hydrogen) atoms. The maximum Gasteiger partial charge on any atom is 0.315 e. The van der Waals surface area contributed by atoms with Crippen LogP contribution >= 0.6 is 23.2 Å². The van der Waals surface area contributed by atoms with Crippen molar-refractivity contribution in [1.82, 2.24) is 19.7 Å². The van der Waals surface area contributed by atoms with E-state index in [1.165, 1.54) is 34.0 Å². The predicted octanol–water partition coefficient (Wildman–Crippen LogP) is 2.85. The molecular formula is C20H14Cl2FN7O2. The van der Waals surface area contributed by atoms with Crippen molar-refractivity contribution in [2.24, 2.45) is 11.5 Å². The Morgan fingerprint density at radius 2 is 1.94 bits per heavy atom. The number of amides is 3. The van der Waals surface area contributed by atoms with E-state index >= 15 is 0 Å². The second-order valence-electron chi connectivity index (χ2n) is 6.98. The Balaban J connectivity index is 1.98. The van der Waals surface area contributed by atoms with Gasteiger partial charge in [-0.1, -0.05) is 29.3 Å². The Bertz CT molecular complexity index is 1320. The van der Waals surface area contributed by atoms with Gasteiger partial charge in [-0.2, -0.15) is 14.8 Å². The molecule has 9 nitrogen and oxygen atoms in total. The fraction of sp³-hybridized carbons (Fsp3) is 0.150. The monoisotopic (exact) mass is 473 g/mol. The number of carbonyl (C=O) groups excluding carboxylic acids is 2. The maximum absolute atomic E-state index is 13.6. The first kappa shape index (κ1) is 21.5. The maximum atomic E-state index is 13.6. The fourth-order valence-corrected chi connectivity index (χ4v) is 4.16. The summed E-state index contributed by atoms with van der Waals surface area (Å²) < 4.78 is 15.1. The Morgan fingerprint density at radius 3 is 2.53 bits per heavy atom. The number of halogens is 3. The first-order chi connectivity index (χ1) is 15.2. The van der Waals surface area contributed by atoms with Gasteiger partial charge < -0.3 is 16.4 Å². The number of aromatic nitrogens is 3. The van der Waals surface area contributed by atoms with Gasteiger partial charge in [0.05, 0.1) is 33.4 Å². The topological polar surface area (TPSA) is 144 Å². The first-order valence-electron chi connectivity index (χ1n) is 9.20. The van der Waals surface area contributed by atoms with E-state index in [4.69, 9.17) is 39.9 Å². The highest BCUT2D eigenvalue weighted by Gasteiger charge is 2.38. The van der Waals surface area contributed by atoms with Gasteiger partial charge in [0.2, 0.25) is 5.95 Å². The number of nitrogens with zero attached hydrogens (tertiary/aromatic N) is 5. The first-order valence-corrected chi connectivity index (χ1v) is 9.96. The lowest BCUT2D eigenvalue weighted by molar-refractivity contribution is 0.0995. The van der Waals surface area contributed by atoms with Crippen molar-refractivity contribution in [1.29, 1.82) is 5.26 Å². The molecule has 0 radical (unpaired) electrons. The lowest BCUT2D eigenvalue weighted by atomic mass is 9.94. The fourth-order valence-electron chi connectivity index (χ4n) is 3.77. The van der Waals surface area contributed by atoms with E-state index in [0.29, 0.717) is 11.3 Å². The van der Waals surface area contributed by atoms with Crippen LogP contribution in [0.1, 0.15) is 33.2 Å². The quantitative estimate of drug-likeness (QED) is 0.561. The average molecular weight is 474 g/mol. The minimum absolute atomic E-state index is 0.00547. The van der Waals surface area contributed by atoms with Crippen molar-refractivity contribution in [2.45, 2.75) is 12.6 Å². The lowest BCUT2D eigenvalue weighted by Gasteiger charge is -2.35. The summed E-state index contributed by atoms with van der Waals surface area (Å²) in [6, 6.07) is 6.28. The molecule has 162 valence electrons. The number of nitriles is 1. The van der Waals surface area contributed by atoms with E-state index in [-0.39, 0.29) is 45.5 Å². The highest BCUT2D eigenvalue weighted by molar-refractivity contribution is 6.31. The molecule has 0 fully saturated rings. The van der Waals surface area contributed by atoms with Gasteiger partial charge in [0.25, 0.3) is 5.91 Å². The minimum atomic E-state index is -0.870. The van der Waals surface area contributed by atoms with Crippen LogP contribution in [0.25, 0.3) is 11.3 Å². The summed E-state index contributed by atoms with van der Waals surface area (Å²) >= 11 is 12.1. The van der Waals surface area contributed by atoms with Gasteiger partial charge in [-0.05, 0) is 23.8 Å². The van der Waals surface area contributed by atoms with E-state index in [1.54, 1.807) is 6.07 Å². The van der Waals surface area contributed by atoms with E-state index in [2.05, 4.69) is 10.1 Å². The zero-order chi connectivity index (χ0) is 23.2. The third-order valence-electron chi connectivity index (χ3n) is 5.14. The van der Waals surface area contributed by atoms with Crippen LogP contribution in [0.15, 0.2) is 30.5 Å². The number of urea groups is 1. The van der Waals surface area contributed by atoms with Gasteiger partial charge >= 0.3 is 6.03 Å². The zero-order valence-electron chi connectivity index (χ0n) is 16.2. The zero-order valence-corrected chi connectivity index (χ0v) is 17.7. The van der Waals surface area contributed by atoms with Crippen LogP contribution in [0.4, 0.5) is 9.18 Å². The Hall–Kier alpha value is -3.68. The summed E-state index contributed by atoms with van der Waals surface area (Å²) in [7, 11) is 0. The summed E-state index contributed by atoms with van der Waals surface area (Å²) in [5.74, 6) is -1.69. The summed E-state index contributed by atoms with van der Waals surface area (Å²) in [4.78, 5) is 29.7. The molecule has 0 saturated heterocycles. The molecular weight excluding hydrogens is 460 g/mol. The highest BCUT2D eigenvalue weighted by atomic mass is 35.5. The molecule has 0 aliphatic carbocycles. The van der Waals surface area contributed by atoms with Gasteiger partial charge in [0.15, 0.2) is 0 Å². The molecule has 1 aliphatic heterocycles. The molecule has 1 aromatic carbocycles. The largest absolute Gasteiger partial charge is 0.365 e. The summed E-state index contributed by atoms with van der Waals surface area (Å²) in [6.45, 7) is 0.411. The van der Waals surface area contributed by atoms with E-state index in [9.17, 15) is 14.0 Å². The van der Waals surface area contributed by atoms with Crippen molar-refractivity contribution in [2.75, 3.05) is 6.54 Å².